The molecule has 1 amide bonds. The summed E-state index contributed by atoms with van der Waals surface area (Å²) < 4.78 is 26.7. The molecule has 26 heavy (non-hydrogen) atoms. The van der Waals surface area contributed by atoms with Crippen LogP contribution in [0.3, 0.4) is 0 Å². The molecule has 0 bridgehead atoms. The van der Waals surface area contributed by atoms with Crippen LogP contribution >= 0.6 is 11.3 Å². The summed E-state index contributed by atoms with van der Waals surface area (Å²) in [6, 6.07) is 8.44. The molecule has 0 saturated heterocycles. The van der Waals surface area contributed by atoms with Crippen LogP contribution in [0.15, 0.2) is 35.2 Å². The lowest BCUT2D eigenvalue weighted by Crippen LogP contribution is -2.30. The molecule has 1 aromatic carbocycles. The van der Waals surface area contributed by atoms with Gasteiger partial charge in [0.2, 0.25) is 10.0 Å². The van der Waals surface area contributed by atoms with Crippen molar-refractivity contribution in [1.29, 1.82) is 0 Å². The van der Waals surface area contributed by atoms with E-state index in [4.69, 9.17) is 0 Å². The quantitative estimate of drug-likeness (QED) is 0.810. The second kappa shape index (κ2) is 7.90. The van der Waals surface area contributed by atoms with Crippen molar-refractivity contribution in [2.24, 2.45) is 0 Å². The molecule has 1 aliphatic carbocycles. The standard InChI is InChI=1S/C19H24N2O3S2/c1-3-21(4-2)26(23,24)16-10-7-9-15(13-16)20-19(22)18-12-14-8-5-6-11-17(14)25-18/h7,9-10,12-13H,3-6,8,11H2,1-2H3,(H,20,22). The first-order chi connectivity index (χ1) is 12.5. The molecule has 0 unspecified atom stereocenters. The van der Waals surface area contributed by atoms with Gasteiger partial charge >= 0.3 is 0 Å². The number of hydrogen-bond donors (Lipinski definition) is 1. The Morgan fingerprint density at radius 1 is 1.15 bits per heavy atom. The van der Waals surface area contributed by atoms with E-state index < -0.39 is 10.0 Å². The van der Waals surface area contributed by atoms with E-state index in [2.05, 4.69) is 5.32 Å². The number of carbonyl (C=O) groups is 1. The zero-order chi connectivity index (χ0) is 18.7. The number of benzene rings is 1. The van der Waals surface area contributed by atoms with Crippen molar-refractivity contribution in [2.75, 3.05) is 18.4 Å². The third kappa shape index (κ3) is 3.84. The van der Waals surface area contributed by atoms with E-state index in [0.717, 1.165) is 12.8 Å². The first kappa shape index (κ1) is 19.1. The molecule has 0 aliphatic heterocycles. The second-order valence-corrected chi connectivity index (χ2v) is 9.41. The van der Waals surface area contributed by atoms with Gasteiger partial charge in [-0.3, -0.25) is 4.79 Å². The van der Waals surface area contributed by atoms with Crippen molar-refractivity contribution in [3.05, 3.63) is 45.6 Å². The number of amides is 1. The number of sulfonamides is 1. The summed E-state index contributed by atoms with van der Waals surface area (Å²) >= 11 is 1.55. The summed E-state index contributed by atoms with van der Waals surface area (Å²) in [5, 5.41) is 2.84. The highest BCUT2D eigenvalue weighted by molar-refractivity contribution is 7.89. The van der Waals surface area contributed by atoms with Crippen LogP contribution in [0.25, 0.3) is 0 Å². The van der Waals surface area contributed by atoms with Crippen LogP contribution in [0, 0.1) is 0 Å². The Kier molecular flexibility index (Phi) is 5.79. The maximum atomic E-state index is 12.7. The summed E-state index contributed by atoms with van der Waals surface area (Å²) in [4.78, 5) is 14.8. The van der Waals surface area contributed by atoms with E-state index >= 15 is 0 Å². The lowest BCUT2D eigenvalue weighted by atomic mass is 9.99. The molecule has 0 atom stereocenters. The van der Waals surface area contributed by atoms with E-state index in [1.54, 1.807) is 29.5 Å². The maximum Gasteiger partial charge on any atom is 0.265 e. The molecule has 2 aromatic rings. The fourth-order valence-corrected chi connectivity index (χ4v) is 5.90. The van der Waals surface area contributed by atoms with Crippen LogP contribution in [0.2, 0.25) is 0 Å². The number of hydrogen-bond acceptors (Lipinski definition) is 4. The first-order valence-corrected chi connectivity index (χ1v) is 11.2. The number of aryl methyl sites for hydroxylation is 2. The van der Waals surface area contributed by atoms with Gasteiger partial charge in [0.15, 0.2) is 0 Å². The lowest BCUT2D eigenvalue weighted by molar-refractivity contribution is 0.103. The highest BCUT2D eigenvalue weighted by Crippen LogP contribution is 2.30. The van der Waals surface area contributed by atoms with Crippen LogP contribution in [0.5, 0.6) is 0 Å². The Morgan fingerprint density at radius 3 is 2.58 bits per heavy atom. The van der Waals surface area contributed by atoms with Crippen molar-refractivity contribution in [2.45, 2.75) is 44.4 Å². The minimum absolute atomic E-state index is 0.179. The van der Waals surface area contributed by atoms with Gasteiger partial charge in [0, 0.05) is 23.7 Å². The fourth-order valence-electron chi connectivity index (χ4n) is 3.24. The average molecular weight is 393 g/mol. The Balaban J connectivity index is 1.80. The summed E-state index contributed by atoms with van der Waals surface area (Å²) in [6.45, 7) is 4.45. The lowest BCUT2D eigenvalue weighted by Gasteiger charge is -2.18. The summed E-state index contributed by atoms with van der Waals surface area (Å²) in [7, 11) is -3.54. The average Bonchev–Trinajstić information content (AvgIpc) is 3.07. The van der Waals surface area contributed by atoms with Gasteiger partial charge in [-0.05, 0) is 55.5 Å². The number of rotatable bonds is 6. The normalized spacial score (nSPS) is 14.3. The topological polar surface area (TPSA) is 66.5 Å². The molecule has 3 rings (SSSR count). The van der Waals surface area contributed by atoms with Gasteiger partial charge in [0.1, 0.15) is 0 Å². The van der Waals surface area contributed by atoms with E-state index in [1.165, 1.54) is 33.7 Å². The van der Waals surface area contributed by atoms with E-state index in [-0.39, 0.29) is 10.8 Å². The van der Waals surface area contributed by atoms with Crippen LogP contribution in [0.1, 0.15) is 46.8 Å². The molecule has 1 N–H and O–H groups in total. The number of thiophene rings is 1. The molecule has 0 saturated carbocycles. The predicted octanol–water partition coefficient (Wildman–Crippen LogP) is 3.91. The monoisotopic (exact) mass is 392 g/mol. The smallest absolute Gasteiger partial charge is 0.265 e. The summed E-state index contributed by atoms with van der Waals surface area (Å²) in [5.41, 5.74) is 1.78. The van der Waals surface area contributed by atoms with Crippen molar-refractivity contribution in [1.82, 2.24) is 4.31 Å². The van der Waals surface area contributed by atoms with Gasteiger partial charge < -0.3 is 5.32 Å². The molecule has 0 spiro atoms. The van der Waals surface area contributed by atoms with E-state index in [1.807, 2.05) is 19.9 Å². The Bertz CT molecular complexity index is 876. The third-order valence-corrected chi connectivity index (χ3v) is 7.94. The molecule has 5 nitrogen and oxygen atoms in total. The summed E-state index contributed by atoms with van der Waals surface area (Å²) in [5.74, 6) is -0.179. The fraction of sp³-hybridized carbons (Fsp3) is 0.421. The Hall–Kier alpha value is -1.70. The highest BCUT2D eigenvalue weighted by Gasteiger charge is 2.22. The van der Waals surface area contributed by atoms with Gasteiger partial charge in [-0.2, -0.15) is 4.31 Å². The van der Waals surface area contributed by atoms with Crippen molar-refractivity contribution in [3.63, 3.8) is 0 Å². The van der Waals surface area contributed by atoms with E-state index in [0.29, 0.717) is 23.7 Å². The Labute approximate surface area is 159 Å². The molecular weight excluding hydrogens is 368 g/mol. The summed E-state index contributed by atoms with van der Waals surface area (Å²) in [6.07, 6.45) is 4.44. The number of nitrogens with zero attached hydrogens (tertiary/aromatic N) is 1. The van der Waals surface area contributed by atoms with E-state index in [9.17, 15) is 13.2 Å². The first-order valence-electron chi connectivity index (χ1n) is 8.98. The maximum absolute atomic E-state index is 12.7. The second-order valence-electron chi connectivity index (χ2n) is 6.34. The number of anilines is 1. The molecule has 140 valence electrons. The van der Waals surface area contributed by atoms with Crippen LogP contribution in [0.4, 0.5) is 5.69 Å². The van der Waals surface area contributed by atoms with Crippen LogP contribution in [-0.2, 0) is 22.9 Å². The van der Waals surface area contributed by atoms with Gasteiger partial charge in [-0.15, -0.1) is 11.3 Å². The van der Waals surface area contributed by atoms with Crippen molar-refractivity contribution < 1.29 is 13.2 Å². The predicted molar refractivity (Wildman–Crippen MR) is 105 cm³/mol. The van der Waals surface area contributed by atoms with Gasteiger partial charge in [0.05, 0.1) is 9.77 Å². The van der Waals surface area contributed by atoms with Gasteiger partial charge in [-0.1, -0.05) is 19.9 Å². The zero-order valence-corrected chi connectivity index (χ0v) is 16.8. The minimum Gasteiger partial charge on any atom is -0.321 e. The SMILES string of the molecule is CCN(CC)S(=O)(=O)c1cccc(NC(=O)c2cc3c(s2)CCCC3)c1. The Morgan fingerprint density at radius 2 is 1.88 bits per heavy atom. The number of fused-ring (bicyclic) bond motifs is 1. The highest BCUT2D eigenvalue weighted by atomic mass is 32.2. The molecule has 7 heteroatoms. The van der Waals surface area contributed by atoms with Crippen LogP contribution in [-0.4, -0.2) is 31.7 Å². The zero-order valence-electron chi connectivity index (χ0n) is 15.1. The molecular formula is C19H24N2O3S2. The number of nitrogens with one attached hydrogen (secondary N) is 1. The molecule has 1 aliphatic rings. The van der Waals surface area contributed by atoms with Gasteiger partial charge in [0.25, 0.3) is 5.91 Å². The van der Waals surface area contributed by atoms with Crippen LogP contribution < -0.4 is 5.32 Å². The van der Waals surface area contributed by atoms with Gasteiger partial charge in [-0.25, -0.2) is 8.42 Å². The largest absolute Gasteiger partial charge is 0.321 e. The minimum atomic E-state index is -3.54. The molecule has 0 radical (unpaired) electrons. The van der Waals surface area contributed by atoms with Crippen molar-refractivity contribution in [3.8, 4) is 0 Å². The molecule has 1 heterocycles. The van der Waals surface area contributed by atoms with Crippen molar-refractivity contribution >= 4 is 33.0 Å². The molecule has 1 aromatic heterocycles. The third-order valence-electron chi connectivity index (χ3n) is 4.66. The number of carbonyl (C=O) groups excluding carboxylic acids is 1. The molecule has 0 fully saturated rings.